The summed E-state index contributed by atoms with van der Waals surface area (Å²) in [4.78, 5) is 32.4. The molecule has 1 saturated heterocycles. The number of carbonyl (C=O) groups excluding carboxylic acids is 2. The minimum atomic E-state index is -4.47. The highest BCUT2D eigenvalue weighted by Crippen LogP contribution is 2.30. The second kappa shape index (κ2) is 7.56. The molecule has 0 saturated carbocycles. The van der Waals surface area contributed by atoms with Gasteiger partial charge in [0.2, 0.25) is 0 Å². The van der Waals surface area contributed by atoms with Crippen molar-refractivity contribution in [3.8, 4) is 0 Å². The zero-order valence-corrected chi connectivity index (χ0v) is 15.1. The number of carbonyl (C=O) groups is 2. The van der Waals surface area contributed by atoms with Crippen LogP contribution in [0, 0.1) is 5.92 Å². The van der Waals surface area contributed by atoms with Crippen LogP contribution in [0.2, 0.25) is 0 Å². The van der Waals surface area contributed by atoms with Crippen LogP contribution in [0.3, 0.4) is 0 Å². The van der Waals surface area contributed by atoms with E-state index in [1.165, 1.54) is 11.1 Å². The molecular formula is C17H21F3N6O2. The van der Waals surface area contributed by atoms with Gasteiger partial charge in [-0.05, 0) is 18.4 Å². The van der Waals surface area contributed by atoms with Crippen molar-refractivity contribution in [2.75, 3.05) is 25.0 Å². The number of alkyl halides is 3. The molecule has 3 amide bonds. The Morgan fingerprint density at radius 1 is 1.39 bits per heavy atom. The Bertz CT molecular complexity index is 881. The van der Waals surface area contributed by atoms with E-state index in [0.717, 1.165) is 0 Å². The summed E-state index contributed by atoms with van der Waals surface area (Å²) < 4.78 is 37.0. The summed E-state index contributed by atoms with van der Waals surface area (Å²) in [7, 11) is 0. The molecule has 152 valence electrons. The first kappa shape index (κ1) is 19.8. The van der Waals surface area contributed by atoms with Crippen LogP contribution in [0.5, 0.6) is 0 Å². The van der Waals surface area contributed by atoms with Crippen LogP contribution in [0.4, 0.5) is 23.7 Å². The number of hydrogen-bond acceptors (Lipinski definition) is 4. The molecule has 3 rings (SSSR count). The molecule has 0 radical (unpaired) electrons. The maximum absolute atomic E-state index is 12.3. The van der Waals surface area contributed by atoms with E-state index in [1.807, 2.05) is 12.2 Å². The van der Waals surface area contributed by atoms with Gasteiger partial charge < -0.3 is 26.3 Å². The lowest BCUT2D eigenvalue weighted by Crippen LogP contribution is -2.43. The molecule has 2 aromatic heterocycles. The summed E-state index contributed by atoms with van der Waals surface area (Å²) in [5.74, 6) is -0.650. The summed E-state index contributed by atoms with van der Waals surface area (Å²) in [6.07, 6.45) is -0.720. The van der Waals surface area contributed by atoms with Gasteiger partial charge in [-0.1, -0.05) is 6.92 Å². The van der Waals surface area contributed by atoms with Crippen LogP contribution in [-0.2, 0) is 0 Å². The lowest BCUT2D eigenvalue weighted by Gasteiger charge is -2.21. The molecule has 5 N–H and O–H groups in total. The van der Waals surface area contributed by atoms with E-state index in [-0.39, 0.29) is 24.1 Å². The van der Waals surface area contributed by atoms with Gasteiger partial charge in [0.05, 0.1) is 11.3 Å². The molecule has 2 aromatic rings. The Morgan fingerprint density at radius 2 is 2.14 bits per heavy atom. The summed E-state index contributed by atoms with van der Waals surface area (Å²) in [5.41, 5.74) is 6.74. The number of likely N-dealkylation sites (tertiary alicyclic amines) is 1. The first-order valence-electron chi connectivity index (χ1n) is 8.81. The van der Waals surface area contributed by atoms with Gasteiger partial charge in [0.1, 0.15) is 12.2 Å². The highest BCUT2D eigenvalue weighted by Gasteiger charge is 2.36. The number of urea groups is 1. The van der Waals surface area contributed by atoms with E-state index in [9.17, 15) is 22.8 Å². The Labute approximate surface area is 158 Å². The number of aromatic amines is 1. The number of halogens is 3. The van der Waals surface area contributed by atoms with Gasteiger partial charge in [0.25, 0.3) is 5.91 Å². The molecule has 0 bridgehead atoms. The van der Waals surface area contributed by atoms with Gasteiger partial charge in [-0.3, -0.25) is 4.79 Å². The third kappa shape index (κ3) is 4.12. The fourth-order valence-electron chi connectivity index (χ4n) is 3.44. The van der Waals surface area contributed by atoms with Crippen molar-refractivity contribution in [1.82, 2.24) is 20.2 Å². The number of nitrogens with one attached hydrogen (secondary N) is 3. The van der Waals surface area contributed by atoms with Crippen molar-refractivity contribution in [3.05, 3.63) is 24.0 Å². The lowest BCUT2D eigenvalue weighted by atomic mass is 10.00. The van der Waals surface area contributed by atoms with Crippen LogP contribution in [0.25, 0.3) is 11.0 Å². The fraction of sp³-hybridized carbons (Fsp3) is 0.471. The quantitative estimate of drug-likeness (QED) is 0.617. The number of H-pyrrole nitrogens is 1. The predicted molar refractivity (Wildman–Crippen MR) is 96.8 cm³/mol. The monoisotopic (exact) mass is 398 g/mol. The molecule has 28 heavy (non-hydrogen) atoms. The third-order valence-corrected chi connectivity index (χ3v) is 4.87. The van der Waals surface area contributed by atoms with E-state index in [4.69, 9.17) is 5.73 Å². The first-order valence-corrected chi connectivity index (χ1v) is 8.81. The zero-order valence-electron chi connectivity index (χ0n) is 15.1. The number of amides is 3. The second-order valence-corrected chi connectivity index (χ2v) is 6.75. The molecule has 0 aromatic carbocycles. The number of pyridine rings is 1. The van der Waals surface area contributed by atoms with Gasteiger partial charge in [0.15, 0.2) is 0 Å². The molecule has 1 aliphatic rings. The predicted octanol–water partition coefficient (Wildman–Crippen LogP) is 2.06. The Morgan fingerprint density at radius 3 is 2.79 bits per heavy atom. The lowest BCUT2D eigenvalue weighted by molar-refractivity contribution is -0.123. The van der Waals surface area contributed by atoms with Crippen molar-refractivity contribution in [2.24, 2.45) is 11.7 Å². The number of nitrogens with zero attached hydrogens (tertiary/aromatic N) is 2. The van der Waals surface area contributed by atoms with Crippen LogP contribution in [0.15, 0.2) is 18.5 Å². The topological polar surface area (TPSA) is 116 Å². The number of anilines is 1. The average molecular weight is 398 g/mol. The Hall–Kier alpha value is -2.98. The number of fused-ring (bicyclic) bond motifs is 1. The standard InChI is InChI=1S/C17H21F3N6O2/c1-2-9-6-26(16(28)24-8-17(18,19)20)7-12(9)25-13-10-3-4-22-15(10)23-5-11(13)14(21)27/h3-5,9,12H,2,6-8H2,1H3,(H2,21,27)(H,24,28)(H2,22,23,25)/t9-,12-/m1/s1. The molecule has 0 spiro atoms. The molecule has 1 fully saturated rings. The number of rotatable bonds is 5. The Balaban J connectivity index is 1.80. The van der Waals surface area contributed by atoms with Gasteiger partial charge in [0, 0.05) is 36.9 Å². The number of nitrogens with two attached hydrogens (primary N) is 1. The average Bonchev–Trinajstić information content (AvgIpc) is 3.25. The maximum atomic E-state index is 12.3. The smallest absolute Gasteiger partial charge is 0.379 e. The number of primary amides is 1. The third-order valence-electron chi connectivity index (χ3n) is 4.87. The normalized spacial score (nSPS) is 19.8. The minimum Gasteiger partial charge on any atom is -0.379 e. The summed E-state index contributed by atoms with van der Waals surface area (Å²) in [5, 5.41) is 5.84. The van der Waals surface area contributed by atoms with Crippen molar-refractivity contribution >= 4 is 28.7 Å². The van der Waals surface area contributed by atoms with Crippen molar-refractivity contribution < 1.29 is 22.8 Å². The van der Waals surface area contributed by atoms with E-state index in [1.54, 1.807) is 12.3 Å². The number of aromatic nitrogens is 2. The SMILES string of the molecule is CC[C@@H]1CN(C(=O)NCC(F)(F)F)C[C@H]1Nc1c(C(N)=O)cnc2[nH]ccc12. The molecule has 1 aliphatic heterocycles. The maximum Gasteiger partial charge on any atom is 0.405 e. The van der Waals surface area contributed by atoms with Gasteiger partial charge in [-0.15, -0.1) is 0 Å². The molecule has 8 nitrogen and oxygen atoms in total. The molecule has 0 aliphatic carbocycles. The molecule has 3 heterocycles. The van der Waals surface area contributed by atoms with E-state index in [0.29, 0.717) is 29.7 Å². The van der Waals surface area contributed by atoms with Crippen molar-refractivity contribution in [1.29, 1.82) is 0 Å². The molecular weight excluding hydrogens is 377 g/mol. The van der Waals surface area contributed by atoms with E-state index < -0.39 is 24.7 Å². The molecule has 11 heteroatoms. The van der Waals surface area contributed by atoms with E-state index >= 15 is 0 Å². The minimum absolute atomic E-state index is 0.000444. The number of hydrogen-bond donors (Lipinski definition) is 4. The highest BCUT2D eigenvalue weighted by molar-refractivity contribution is 6.06. The summed E-state index contributed by atoms with van der Waals surface area (Å²) >= 11 is 0. The van der Waals surface area contributed by atoms with E-state index in [2.05, 4.69) is 15.3 Å². The van der Waals surface area contributed by atoms with Crippen LogP contribution < -0.4 is 16.4 Å². The second-order valence-electron chi connectivity index (χ2n) is 6.75. The van der Waals surface area contributed by atoms with Crippen LogP contribution in [-0.4, -0.2) is 58.7 Å². The van der Waals surface area contributed by atoms with Crippen LogP contribution in [0.1, 0.15) is 23.7 Å². The van der Waals surface area contributed by atoms with Gasteiger partial charge in [-0.2, -0.15) is 13.2 Å². The first-order chi connectivity index (χ1) is 13.2. The highest BCUT2D eigenvalue weighted by atomic mass is 19.4. The summed E-state index contributed by atoms with van der Waals surface area (Å²) in [6.45, 7) is 1.07. The Kier molecular flexibility index (Phi) is 5.34. The van der Waals surface area contributed by atoms with Crippen molar-refractivity contribution in [2.45, 2.75) is 25.6 Å². The van der Waals surface area contributed by atoms with Gasteiger partial charge >= 0.3 is 12.2 Å². The fourth-order valence-corrected chi connectivity index (χ4v) is 3.44. The van der Waals surface area contributed by atoms with Crippen molar-refractivity contribution in [3.63, 3.8) is 0 Å². The summed E-state index contributed by atoms with van der Waals surface area (Å²) in [6, 6.07) is 0.734. The molecule has 2 atom stereocenters. The molecule has 0 unspecified atom stereocenters. The zero-order chi connectivity index (χ0) is 20.5. The largest absolute Gasteiger partial charge is 0.405 e. The van der Waals surface area contributed by atoms with Crippen LogP contribution >= 0.6 is 0 Å². The van der Waals surface area contributed by atoms with Gasteiger partial charge in [-0.25, -0.2) is 9.78 Å².